The minimum absolute atomic E-state index is 0.0118. The largest absolute Gasteiger partial charge is 0.469 e. The minimum atomic E-state index is -0.0118. The van der Waals surface area contributed by atoms with E-state index in [0.717, 1.165) is 30.9 Å². The molecular formula is C14H23NO. The summed E-state index contributed by atoms with van der Waals surface area (Å²) in [5, 5.41) is 0. The summed E-state index contributed by atoms with van der Waals surface area (Å²) in [7, 11) is 0. The smallest absolute Gasteiger partial charge is 0.105 e. The van der Waals surface area contributed by atoms with Crippen molar-refractivity contribution >= 4 is 0 Å². The van der Waals surface area contributed by atoms with Gasteiger partial charge >= 0.3 is 0 Å². The van der Waals surface area contributed by atoms with Crippen LogP contribution in [0.25, 0.3) is 0 Å². The average molecular weight is 221 g/mol. The molecule has 0 atom stereocenters. The Bertz CT molecular complexity index is 297. The Morgan fingerprint density at radius 2 is 2.19 bits per heavy atom. The van der Waals surface area contributed by atoms with Gasteiger partial charge in [0, 0.05) is 12.0 Å². The molecule has 0 saturated heterocycles. The summed E-state index contributed by atoms with van der Waals surface area (Å²) < 4.78 is 5.40. The predicted octanol–water partition coefficient (Wildman–Crippen LogP) is 3.51. The molecule has 2 heteroatoms. The lowest BCUT2D eigenvalue weighted by atomic mass is 9.74. The zero-order valence-electron chi connectivity index (χ0n) is 10.2. The summed E-state index contributed by atoms with van der Waals surface area (Å²) in [5.74, 6) is 1.95. The lowest BCUT2D eigenvalue weighted by Gasteiger charge is -2.36. The van der Waals surface area contributed by atoms with Gasteiger partial charge in [0.25, 0.3) is 0 Å². The van der Waals surface area contributed by atoms with Gasteiger partial charge in [-0.2, -0.15) is 0 Å². The zero-order chi connectivity index (χ0) is 11.4. The molecule has 2 N–H and O–H groups in total. The fraction of sp³-hybridized carbons (Fsp3) is 0.714. The van der Waals surface area contributed by atoms with Gasteiger partial charge in [0.1, 0.15) is 5.76 Å². The Balaban J connectivity index is 1.86. The van der Waals surface area contributed by atoms with Crippen LogP contribution in [0.2, 0.25) is 0 Å². The third-order valence-electron chi connectivity index (χ3n) is 3.90. The van der Waals surface area contributed by atoms with Crippen LogP contribution in [0.4, 0.5) is 0 Å². The monoisotopic (exact) mass is 221 g/mol. The van der Waals surface area contributed by atoms with Crippen molar-refractivity contribution in [3.05, 3.63) is 24.2 Å². The second-order valence-electron chi connectivity index (χ2n) is 5.35. The van der Waals surface area contributed by atoms with Gasteiger partial charge in [-0.1, -0.05) is 19.8 Å². The van der Waals surface area contributed by atoms with E-state index in [1.807, 2.05) is 12.1 Å². The van der Waals surface area contributed by atoms with Crippen LogP contribution in [0.5, 0.6) is 0 Å². The van der Waals surface area contributed by atoms with Crippen LogP contribution in [0.3, 0.4) is 0 Å². The van der Waals surface area contributed by atoms with E-state index < -0.39 is 0 Å². The highest BCUT2D eigenvalue weighted by Gasteiger charge is 2.32. The minimum Gasteiger partial charge on any atom is -0.469 e. The van der Waals surface area contributed by atoms with Crippen LogP contribution >= 0.6 is 0 Å². The molecule has 1 aromatic rings. The maximum Gasteiger partial charge on any atom is 0.105 e. The third-order valence-corrected chi connectivity index (χ3v) is 3.90. The standard InChI is InChI=1S/C14H23NO/c1-2-4-12-6-8-14(15,9-7-12)11-13-5-3-10-16-13/h3,5,10,12H,2,4,6-9,11,15H2,1H3. The summed E-state index contributed by atoms with van der Waals surface area (Å²) in [6.07, 6.45) is 10.2. The summed E-state index contributed by atoms with van der Waals surface area (Å²) in [4.78, 5) is 0. The van der Waals surface area contributed by atoms with E-state index in [1.54, 1.807) is 6.26 Å². The van der Waals surface area contributed by atoms with E-state index in [1.165, 1.54) is 25.7 Å². The highest BCUT2D eigenvalue weighted by atomic mass is 16.3. The first-order chi connectivity index (χ1) is 7.72. The van der Waals surface area contributed by atoms with Crippen molar-refractivity contribution in [1.29, 1.82) is 0 Å². The molecule has 0 amide bonds. The van der Waals surface area contributed by atoms with E-state index in [-0.39, 0.29) is 5.54 Å². The van der Waals surface area contributed by atoms with Crippen LogP contribution in [0.15, 0.2) is 22.8 Å². The Morgan fingerprint density at radius 3 is 2.75 bits per heavy atom. The van der Waals surface area contributed by atoms with Crippen LogP contribution in [-0.2, 0) is 6.42 Å². The van der Waals surface area contributed by atoms with E-state index >= 15 is 0 Å². The maximum atomic E-state index is 6.45. The van der Waals surface area contributed by atoms with E-state index in [4.69, 9.17) is 10.2 Å². The Hall–Kier alpha value is -0.760. The molecule has 16 heavy (non-hydrogen) atoms. The highest BCUT2D eigenvalue weighted by molar-refractivity contribution is 5.05. The van der Waals surface area contributed by atoms with Crippen LogP contribution in [0.1, 0.15) is 51.2 Å². The summed E-state index contributed by atoms with van der Waals surface area (Å²) >= 11 is 0. The average Bonchev–Trinajstić information content (AvgIpc) is 2.74. The van der Waals surface area contributed by atoms with Crippen molar-refractivity contribution in [3.8, 4) is 0 Å². The number of nitrogens with two attached hydrogens (primary N) is 1. The molecular weight excluding hydrogens is 198 g/mol. The van der Waals surface area contributed by atoms with Crippen LogP contribution in [-0.4, -0.2) is 5.54 Å². The number of furan rings is 1. The second kappa shape index (κ2) is 5.05. The molecule has 0 unspecified atom stereocenters. The van der Waals surface area contributed by atoms with Crippen LogP contribution < -0.4 is 5.73 Å². The van der Waals surface area contributed by atoms with Gasteiger partial charge in [0.05, 0.1) is 6.26 Å². The Kier molecular flexibility index (Phi) is 3.70. The van der Waals surface area contributed by atoms with Gasteiger partial charge in [-0.25, -0.2) is 0 Å². The summed E-state index contributed by atoms with van der Waals surface area (Å²) in [5.41, 5.74) is 6.44. The normalized spacial score (nSPS) is 30.5. The molecule has 1 aliphatic carbocycles. The fourth-order valence-electron chi connectivity index (χ4n) is 2.89. The van der Waals surface area contributed by atoms with Gasteiger partial charge in [0.2, 0.25) is 0 Å². The first kappa shape index (κ1) is 11.7. The predicted molar refractivity (Wildman–Crippen MR) is 66.2 cm³/mol. The molecule has 0 aliphatic heterocycles. The maximum absolute atomic E-state index is 6.45. The molecule has 1 saturated carbocycles. The topological polar surface area (TPSA) is 39.2 Å². The quantitative estimate of drug-likeness (QED) is 0.845. The molecule has 90 valence electrons. The van der Waals surface area contributed by atoms with Crippen molar-refractivity contribution in [2.75, 3.05) is 0 Å². The molecule has 0 bridgehead atoms. The van der Waals surface area contributed by atoms with E-state index in [2.05, 4.69) is 6.92 Å². The molecule has 1 aromatic heterocycles. The van der Waals surface area contributed by atoms with E-state index in [9.17, 15) is 0 Å². The van der Waals surface area contributed by atoms with Crippen LogP contribution in [0, 0.1) is 5.92 Å². The molecule has 2 nitrogen and oxygen atoms in total. The number of hydrogen-bond donors (Lipinski definition) is 1. The van der Waals surface area contributed by atoms with Gasteiger partial charge in [-0.3, -0.25) is 0 Å². The molecule has 1 fully saturated rings. The Labute approximate surface area is 98.2 Å². The van der Waals surface area contributed by atoms with Crippen molar-refractivity contribution < 1.29 is 4.42 Å². The lowest BCUT2D eigenvalue weighted by molar-refractivity contribution is 0.215. The molecule has 2 rings (SSSR count). The molecule has 1 heterocycles. The number of hydrogen-bond acceptors (Lipinski definition) is 2. The lowest BCUT2D eigenvalue weighted by Crippen LogP contribution is -2.45. The molecule has 0 aromatic carbocycles. The molecule has 0 spiro atoms. The second-order valence-corrected chi connectivity index (χ2v) is 5.35. The molecule has 1 aliphatic rings. The third kappa shape index (κ3) is 2.88. The van der Waals surface area contributed by atoms with Crippen molar-refractivity contribution in [2.45, 2.75) is 57.4 Å². The van der Waals surface area contributed by atoms with Crippen molar-refractivity contribution in [1.82, 2.24) is 0 Å². The zero-order valence-corrected chi connectivity index (χ0v) is 10.2. The first-order valence-corrected chi connectivity index (χ1v) is 6.53. The number of rotatable bonds is 4. The summed E-state index contributed by atoms with van der Waals surface area (Å²) in [6.45, 7) is 2.27. The van der Waals surface area contributed by atoms with E-state index in [0.29, 0.717) is 0 Å². The van der Waals surface area contributed by atoms with Gasteiger partial charge in [-0.05, 0) is 43.7 Å². The van der Waals surface area contributed by atoms with Gasteiger partial charge in [0.15, 0.2) is 0 Å². The molecule has 0 radical (unpaired) electrons. The summed E-state index contributed by atoms with van der Waals surface area (Å²) in [6, 6.07) is 3.98. The Morgan fingerprint density at radius 1 is 1.44 bits per heavy atom. The highest BCUT2D eigenvalue weighted by Crippen LogP contribution is 2.34. The fourth-order valence-corrected chi connectivity index (χ4v) is 2.89. The SMILES string of the molecule is CCCC1CCC(N)(Cc2ccco2)CC1. The van der Waals surface area contributed by atoms with Crippen molar-refractivity contribution in [2.24, 2.45) is 11.7 Å². The van der Waals surface area contributed by atoms with Gasteiger partial charge < -0.3 is 10.2 Å². The van der Waals surface area contributed by atoms with Crippen molar-refractivity contribution in [3.63, 3.8) is 0 Å². The first-order valence-electron chi connectivity index (χ1n) is 6.53. The van der Waals surface area contributed by atoms with Gasteiger partial charge in [-0.15, -0.1) is 0 Å².